The number of methoxy groups -OCH3 is 1. The highest BCUT2D eigenvalue weighted by Gasteiger charge is 2.24. The van der Waals surface area contributed by atoms with Crippen molar-refractivity contribution in [3.63, 3.8) is 0 Å². The van der Waals surface area contributed by atoms with E-state index in [2.05, 4.69) is 5.32 Å². The van der Waals surface area contributed by atoms with Crippen molar-refractivity contribution in [1.82, 2.24) is 0 Å². The smallest absolute Gasteiger partial charge is 0.341 e. The molecular formula is C23H20FNO3S. The molecule has 0 bridgehead atoms. The minimum absolute atomic E-state index is 0.325. The maximum absolute atomic E-state index is 13.3. The van der Waals surface area contributed by atoms with Crippen LogP contribution in [0.4, 0.5) is 9.39 Å². The molecule has 4 nitrogen and oxygen atoms in total. The summed E-state index contributed by atoms with van der Waals surface area (Å²) in [6, 6.07) is 13.7. The van der Waals surface area contributed by atoms with Crippen LogP contribution in [0.5, 0.6) is 0 Å². The largest absolute Gasteiger partial charge is 0.465 e. The molecule has 0 unspecified atom stereocenters. The van der Waals surface area contributed by atoms with Gasteiger partial charge in [-0.15, -0.1) is 11.3 Å². The lowest BCUT2D eigenvalue weighted by molar-refractivity contribution is -0.111. The van der Waals surface area contributed by atoms with Gasteiger partial charge in [-0.3, -0.25) is 4.79 Å². The first-order chi connectivity index (χ1) is 13.9. The Morgan fingerprint density at radius 2 is 1.83 bits per heavy atom. The molecule has 0 aliphatic rings. The molecule has 0 radical (unpaired) electrons. The summed E-state index contributed by atoms with van der Waals surface area (Å²) in [6.07, 6.45) is 2.81. The fourth-order valence-corrected chi connectivity index (χ4v) is 4.00. The zero-order valence-electron chi connectivity index (χ0n) is 16.3. The SMILES string of the molecule is COC(=O)c1c(NC(=O)/C=C/c2cccc(F)c2)sc(C)c1-c1ccc(C)cc1. The van der Waals surface area contributed by atoms with E-state index in [1.54, 1.807) is 12.1 Å². The fourth-order valence-electron chi connectivity index (χ4n) is 2.93. The number of benzene rings is 2. The standard InChI is InChI=1S/C23H20FNO3S/c1-14-7-10-17(11-8-14)20-15(2)29-22(21(20)23(27)28-3)25-19(26)12-9-16-5-4-6-18(24)13-16/h4-13H,1-3H3,(H,25,26)/b12-9+. The van der Waals surface area contributed by atoms with Crippen LogP contribution in [-0.4, -0.2) is 19.0 Å². The van der Waals surface area contributed by atoms with E-state index < -0.39 is 11.9 Å². The number of thiophene rings is 1. The number of amides is 1. The second kappa shape index (κ2) is 8.84. The predicted molar refractivity (Wildman–Crippen MR) is 115 cm³/mol. The Labute approximate surface area is 172 Å². The molecule has 0 atom stereocenters. The zero-order valence-corrected chi connectivity index (χ0v) is 17.1. The zero-order chi connectivity index (χ0) is 21.0. The van der Waals surface area contributed by atoms with Gasteiger partial charge in [-0.1, -0.05) is 42.0 Å². The fraction of sp³-hybridized carbons (Fsp3) is 0.130. The molecule has 2 aromatic carbocycles. The van der Waals surface area contributed by atoms with Crippen molar-refractivity contribution >= 4 is 34.3 Å². The van der Waals surface area contributed by atoms with Gasteiger partial charge in [0.1, 0.15) is 16.4 Å². The van der Waals surface area contributed by atoms with Gasteiger partial charge in [0.25, 0.3) is 0 Å². The molecule has 1 amide bonds. The van der Waals surface area contributed by atoms with Gasteiger partial charge >= 0.3 is 5.97 Å². The highest BCUT2D eigenvalue weighted by atomic mass is 32.1. The van der Waals surface area contributed by atoms with E-state index in [0.29, 0.717) is 16.1 Å². The van der Waals surface area contributed by atoms with Crippen LogP contribution in [0.3, 0.4) is 0 Å². The number of nitrogens with one attached hydrogen (secondary N) is 1. The van der Waals surface area contributed by atoms with E-state index in [1.807, 2.05) is 38.1 Å². The van der Waals surface area contributed by atoms with Crippen LogP contribution in [-0.2, 0) is 9.53 Å². The van der Waals surface area contributed by atoms with Gasteiger partial charge in [-0.05, 0) is 43.2 Å². The third-order valence-electron chi connectivity index (χ3n) is 4.33. The van der Waals surface area contributed by atoms with Crippen LogP contribution < -0.4 is 5.32 Å². The maximum atomic E-state index is 13.3. The monoisotopic (exact) mass is 409 g/mol. The first-order valence-electron chi connectivity index (χ1n) is 8.92. The number of carbonyl (C=O) groups excluding carboxylic acids is 2. The summed E-state index contributed by atoms with van der Waals surface area (Å²) in [5.74, 6) is -1.32. The number of rotatable bonds is 5. The van der Waals surface area contributed by atoms with Crippen molar-refractivity contribution in [2.75, 3.05) is 12.4 Å². The number of esters is 1. The average molecular weight is 409 g/mol. The molecule has 3 aromatic rings. The van der Waals surface area contributed by atoms with Gasteiger partial charge in [0.15, 0.2) is 0 Å². The molecule has 0 spiro atoms. The molecule has 0 saturated heterocycles. The number of aryl methyl sites for hydroxylation is 2. The highest BCUT2D eigenvalue weighted by Crippen LogP contribution is 2.40. The van der Waals surface area contributed by atoms with Gasteiger partial charge in [0.05, 0.1) is 7.11 Å². The van der Waals surface area contributed by atoms with E-state index >= 15 is 0 Å². The Morgan fingerprint density at radius 1 is 1.10 bits per heavy atom. The Bertz CT molecular complexity index is 1080. The maximum Gasteiger partial charge on any atom is 0.341 e. The van der Waals surface area contributed by atoms with E-state index in [4.69, 9.17) is 4.74 Å². The topological polar surface area (TPSA) is 55.4 Å². The van der Waals surface area contributed by atoms with Crippen molar-refractivity contribution in [2.45, 2.75) is 13.8 Å². The van der Waals surface area contributed by atoms with Gasteiger partial charge < -0.3 is 10.1 Å². The van der Waals surface area contributed by atoms with Gasteiger partial charge in [0.2, 0.25) is 5.91 Å². The molecule has 148 valence electrons. The van der Waals surface area contributed by atoms with Crippen molar-refractivity contribution < 1.29 is 18.7 Å². The summed E-state index contributed by atoms with van der Waals surface area (Å²) < 4.78 is 18.2. The van der Waals surface area contributed by atoms with Crippen molar-refractivity contribution in [2.24, 2.45) is 0 Å². The summed E-state index contributed by atoms with van der Waals surface area (Å²) in [4.78, 5) is 25.8. The Hall–Kier alpha value is -3.25. The normalized spacial score (nSPS) is 10.9. The van der Waals surface area contributed by atoms with E-state index in [-0.39, 0.29) is 5.82 Å². The van der Waals surface area contributed by atoms with Crippen LogP contribution in [0.15, 0.2) is 54.6 Å². The van der Waals surface area contributed by atoms with Gasteiger partial charge in [-0.2, -0.15) is 0 Å². The lowest BCUT2D eigenvalue weighted by atomic mass is 10.0. The number of ether oxygens (including phenoxy) is 1. The molecule has 1 N–H and O–H groups in total. The molecule has 0 aliphatic heterocycles. The second-order valence-electron chi connectivity index (χ2n) is 6.47. The molecule has 3 rings (SSSR count). The molecular weight excluding hydrogens is 389 g/mol. The van der Waals surface area contributed by atoms with Crippen molar-refractivity contribution in [3.8, 4) is 11.1 Å². The van der Waals surface area contributed by atoms with Crippen LogP contribution >= 0.6 is 11.3 Å². The minimum atomic E-state index is -0.519. The molecule has 29 heavy (non-hydrogen) atoms. The second-order valence-corrected chi connectivity index (χ2v) is 7.70. The van der Waals surface area contributed by atoms with Crippen molar-refractivity contribution in [3.05, 3.63) is 82.0 Å². The number of hydrogen-bond donors (Lipinski definition) is 1. The molecule has 0 fully saturated rings. The van der Waals surface area contributed by atoms with Crippen LogP contribution in [0.25, 0.3) is 17.2 Å². The third kappa shape index (κ3) is 4.78. The number of anilines is 1. The third-order valence-corrected chi connectivity index (χ3v) is 5.35. The predicted octanol–water partition coefficient (Wildman–Crippen LogP) is 5.61. The molecule has 0 aliphatic carbocycles. The number of carbonyl (C=O) groups is 2. The summed E-state index contributed by atoms with van der Waals surface area (Å²) in [7, 11) is 1.31. The van der Waals surface area contributed by atoms with Crippen LogP contribution in [0.2, 0.25) is 0 Å². The minimum Gasteiger partial charge on any atom is -0.465 e. The summed E-state index contributed by atoms with van der Waals surface area (Å²) in [5, 5.41) is 3.17. The highest BCUT2D eigenvalue weighted by molar-refractivity contribution is 7.17. The summed E-state index contributed by atoms with van der Waals surface area (Å²) in [6.45, 7) is 3.88. The first kappa shape index (κ1) is 20.5. The summed E-state index contributed by atoms with van der Waals surface area (Å²) in [5.41, 5.74) is 3.62. The quantitative estimate of drug-likeness (QED) is 0.440. The molecule has 0 saturated carbocycles. The van der Waals surface area contributed by atoms with Crippen LogP contribution in [0.1, 0.15) is 26.4 Å². The Kier molecular flexibility index (Phi) is 6.24. The molecule has 1 heterocycles. The Balaban J connectivity index is 1.92. The van der Waals surface area contributed by atoms with E-state index in [1.165, 1.54) is 42.7 Å². The van der Waals surface area contributed by atoms with E-state index in [0.717, 1.165) is 21.6 Å². The van der Waals surface area contributed by atoms with Gasteiger partial charge in [-0.25, -0.2) is 9.18 Å². The van der Waals surface area contributed by atoms with Gasteiger partial charge in [0, 0.05) is 16.5 Å². The van der Waals surface area contributed by atoms with E-state index in [9.17, 15) is 14.0 Å². The molecule has 1 aromatic heterocycles. The van der Waals surface area contributed by atoms with Crippen molar-refractivity contribution in [1.29, 1.82) is 0 Å². The Morgan fingerprint density at radius 3 is 2.48 bits per heavy atom. The first-order valence-corrected chi connectivity index (χ1v) is 9.74. The lowest BCUT2D eigenvalue weighted by Crippen LogP contribution is -2.11. The number of hydrogen-bond acceptors (Lipinski definition) is 4. The lowest BCUT2D eigenvalue weighted by Gasteiger charge is -2.07. The van der Waals surface area contributed by atoms with Crippen LogP contribution in [0, 0.1) is 19.7 Å². The summed E-state index contributed by atoms with van der Waals surface area (Å²) >= 11 is 1.31. The molecule has 6 heteroatoms. The number of halogens is 1. The average Bonchev–Trinajstić information content (AvgIpc) is 3.02.